The molecular weight excluding hydrogens is 222 g/mol. The summed E-state index contributed by atoms with van der Waals surface area (Å²) in [6.07, 6.45) is 0.132. The van der Waals surface area contributed by atoms with Crippen LogP contribution in [-0.2, 0) is 9.59 Å². The molecule has 1 aromatic rings. The number of nitrogens with zero attached hydrogens (tertiary/aromatic N) is 1. The number of imide groups is 1. The first-order chi connectivity index (χ1) is 8.02. The Hall–Kier alpha value is -2.17. The highest BCUT2D eigenvalue weighted by molar-refractivity contribution is 6.22. The Morgan fingerprint density at radius 3 is 2.53 bits per heavy atom. The predicted octanol–water partition coefficient (Wildman–Crippen LogP) is 1.28. The van der Waals surface area contributed by atoms with E-state index < -0.39 is 5.97 Å². The summed E-state index contributed by atoms with van der Waals surface area (Å²) < 4.78 is 0. The zero-order chi connectivity index (χ0) is 12.6. The number of anilines is 1. The minimum Gasteiger partial charge on any atom is -0.478 e. The summed E-state index contributed by atoms with van der Waals surface area (Å²) in [5.41, 5.74) is 0.114. The van der Waals surface area contributed by atoms with Gasteiger partial charge in [-0.3, -0.25) is 9.59 Å². The van der Waals surface area contributed by atoms with E-state index in [9.17, 15) is 14.4 Å². The lowest BCUT2D eigenvalue weighted by Gasteiger charge is -2.16. The molecule has 2 amide bonds. The van der Waals surface area contributed by atoms with Gasteiger partial charge in [-0.2, -0.15) is 0 Å². The second-order valence-electron chi connectivity index (χ2n) is 3.99. The fraction of sp³-hybridized carbons (Fsp3) is 0.250. The van der Waals surface area contributed by atoms with Crippen LogP contribution in [0.25, 0.3) is 0 Å². The van der Waals surface area contributed by atoms with Gasteiger partial charge in [0.05, 0.1) is 11.3 Å². The molecule has 0 spiro atoms. The molecular formula is C12H11NO4. The van der Waals surface area contributed by atoms with E-state index in [-0.39, 0.29) is 35.4 Å². The minimum atomic E-state index is -1.15. The summed E-state index contributed by atoms with van der Waals surface area (Å²) in [7, 11) is 0. The standard InChI is InChI=1S/C12H11NO4/c1-7-6-10(14)13(11(7)15)9-5-3-2-4-8(9)12(16)17/h2-5,7H,6H2,1H3,(H,16,17)/t7-/m0/s1. The van der Waals surface area contributed by atoms with Gasteiger partial charge in [0.2, 0.25) is 11.8 Å². The lowest BCUT2D eigenvalue weighted by molar-refractivity contribution is -0.122. The summed E-state index contributed by atoms with van der Waals surface area (Å²) in [5.74, 6) is -2.23. The van der Waals surface area contributed by atoms with Crippen LogP contribution in [0.1, 0.15) is 23.7 Å². The van der Waals surface area contributed by atoms with Gasteiger partial charge in [0, 0.05) is 12.3 Å². The van der Waals surface area contributed by atoms with Gasteiger partial charge in [0.15, 0.2) is 0 Å². The number of aromatic carboxylic acids is 1. The molecule has 0 aromatic heterocycles. The topological polar surface area (TPSA) is 74.7 Å². The van der Waals surface area contributed by atoms with Crippen molar-refractivity contribution in [2.45, 2.75) is 13.3 Å². The van der Waals surface area contributed by atoms with Crippen LogP contribution in [0.3, 0.4) is 0 Å². The smallest absolute Gasteiger partial charge is 0.337 e. The molecule has 1 heterocycles. The van der Waals surface area contributed by atoms with Crippen LogP contribution in [-0.4, -0.2) is 22.9 Å². The number of carbonyl (C=O) groups excluding carboxylic acids is 2. The third-order valence-corrected chi connectivity index (χ3v) is 2.75. The SMILES string of the molecule is C[C@H]1CC(=O)N(c2ccccc2C(=O)O)C1=O. The first-order valence-electron chi connectivity index (χ1n) is 5.21. The van der Waals surface area contributed by atoms with Gasteiger partial charge >= 0.3 is 5.97 Å². The molecule has 5 nitrogen and oxygen atoms in total. The fourth-order valence-electron chi connectivity index (χ4n) is 1.89. The maximum Gasteiger partial charge on any atom is 0.337 e. The molecule has 1 saturated heterocycles. The summed E-state index contributed by atoms with van der Waals surface area (Å²) in [5, 5.41) is 9.02. The molecule has 2 rings (SSSR count). The van der Waals surface area contributed by atoms with E-state index in [0.717, 1.165) is 4.90 Å². The van der Waals surface area contributed by atoms with E-state index in [4.69, 9.17) is 5.11 Å². The first-order valence-corrected chi connectivity index (χ1v) is 5.21. The van der Waals surface area contributed by atoms with Crippen molar-refractivity contribution in [2.24, 2.45) is 5.92 Å². The molecule has 5 heteroatoms. The second-order valence-corrected chi connectivity index (χ2v) is 3.99. The minimum absolute atomic E-state index is 0.0386. The number of hydrogen-bond donors (Lipinski definition) is 1. The molecule has 0 saturated carbocycles. The summed E-state index contributed by atoms with van der Waals surface area (Å²) in [6.45, 7) is 1.66. The highest BCUT2D eigenvalue weighted by atomic mass is 16.4. The normalized spacial score (nSPS) is 19.8. The maximum atomic E-state index is 11.8. The highest BCUT2D eigenvalue weighted by Crippen LogP contribution is 2.28. The first kappa shape index (κ1) is 11.3. The Morgan fingerprint density at radius 2 is 2.00 bits per heavy atom. The Balaban J connectivity index is 2.51. The van der Waals surface area contributed by atoms with Gasteiger partial charge in [-0.15, -0.1) is 0 Å². The van der Waals surface area contributed by atoms with Crippen LogP contribution < -0.4 is 4.90 Å². The Morgan fingerprint density at radius 1 is 1.35 bits per heavy atom. The van der Waals surface area contributed by atoms with Crippen LogP contribution in [0, 0.1) is 5.92 Å². The molecule has 1 fully saturated rings. The van der Waals surface area contributed by atoms with Crippen LogP contribution in [0.15, 0.2) is 24.3 Å². The molecule has 17 heavy (non-hydrogen) atoms. The van der Waals surface area contributed by atoms with Crippen molar-refractivity contribution in [3.05, 3.63) is 29.8 Å². The Bertz CT molecular complexity index is 509. The van der Waals surface area contributed by atoms with Crippen molar-refractivity contribution in [1.82, 2.24) is 0 Å². The lowest BCUT2D eigenvalue weighted by Crippen LogP contribution is -2.31. The molecule has 1 aliphatic heterocycles. The second kappa shape index (κ2) is 4.01. The maximum absolute atomic E-state index is 11.8. The van der Waals surface area contributed by atoms with Gasteiger partial charge in [-0.05, 0) is 12.1 Å². The molecule has 88 valence electrons. The number of hydrogen-bond acceptors (Lipinski definition) is 3. The summed E-state index contributed by atoms with van der Waals surface area (Å²) >= 11 is 0. The molecule has 0 unspecified atom stereocenters. The molecule has 1 aliphatic rings. The summed E-state index contributed by atoms with van der Waals surface area (Å²) in [6, 6.07) is 6.01. The monoisotopic (exact) mass is 233 g/mol. The number of amides is 2. The number of carbonyl (C=O) groups is 3. The zero-order valence-electron chi connectivity index (χ0n) is 9.21. The van der Waals surface area contributed by atoms with Crippen molar-refractivity contribution >= 4 is 23.5 Å². The average molecular weight is 233 g/mol. The zero-order valence-corrected chi connectivity index (χ0v) is 9.21. The molecule has 1 atom stereocenters. The Kier molecular flexibility index (Phi) is 2.67. The van der Waals surface area contributed by atoms with Crippen molar-refractivity contribution in [3.8, 4) is 0 Å². The van der Waals surface area contributed by atoms with Crippen LogP contribution >= 0.6 is 0 Å². The molecule has 0 radical (unpaired) electrons. The van der Waals surface area contributed by atoms with E-state index in [1.54, 1.807) is 19.1 Å². The van der Waals surface area contributed by atoms with Gasteiger partial charge in [-0.25, -0.2) is 9.69 Å². The quantitative estimate of drug-likeness (QED) is 0.781. The third-order valence-electron chi connectivity index (χ3n) is 2.75. The van der Waals surface area contributed by atoms with E-state index in [1.807, 2.05) is 0 Å². The lowest BCUT2D eigenvalue weighted by atomic mass is 10.1. The Labute approximate surface area is 97.7 Å². The highest BCUT2D eigenvalue weighted by Gasteiger charge is 2.38. The van der Waals surface area contributed by atoms with Crippen LogP contribution in [0.4, 0.5) is 5.69 Å². The van der Waals surface area contributed by atoms with Gasteiger partial charge in [0.25, 0.3) is 0 Å². The molecule has 1 aromatic carbocycles. The van der Waals surface area contributed by atoms with Crippen molar-refractivity contribution in [3.63, 3.8) is 0 Å². The van der Waals surface area contributed by atoms with E-state index in [1.165, 1.54) is 12.1 Å². The van der Waals surface area contributed by atoms with Gasteiger partial charge in [-0.1, -0.05) is 19.1 Å². The number of benzene rings is 1. The van der Waals surface area contributed by atoms with E-state index in [0.29, 0.717) is 0 Å². The van der Waals surface area contributed by atoms with Crippen molar-refractivity contribution in [2.75, 3.05) is 4.90 Å². The van der Waals surface area contributed by atoms with Gasteiger partial charge < -0.3 is 5.11 Å². The van der Waals surface area contributed by atoms with E-state index in [2.05, 4.69) is 0 Å². The van der Waals surface area contributed by atoms with Crippen LogP contribution in [0.2, 0.25) is 0 Å². The number of rotatable bonds is 2. The number of carboxylic acid groups (broad SMARTS) is 1. The van der Waals surface area contributed by atoms with Gasteiger partial charge in [0.1, 0.15) is 0 Å². The number of carboxylic acids is 1. The number of para-hydroxylation sites is 1. The fourth-order valence-corrected chi connectivity index (χ4v) is 1.89. The van der Waals surface area contributed by atoms with E-state index >= 15 is 0 Å². The average Bonchev–Trinajstić information content (AvgIpc) is 2.53. The largest absolute Gasteiger partial charge is 0.478 e. The van der Waals surface area contributed by atoms with Crippen molar-refractivity contribution < 1.29 is 19.5 Å². The van der Waals surface area contributed by atoms with Crippen molar-refractivity contribution in [1.29, 1.82) is 0 Å². The molecule has 1 N–H and O–H groups in total. The molecule has 0 bridgehead atoms. The third kappa shape index (κ3) is 1.80. The molecule has 0 aliphatic carbocycles. The summed E-state index contributed by atoms with van der Waals surface area (Å²) in [4.78, 5) is 35.5. The predicted molar refractivity (Wildman–Crippen MR) is 59.7 cm³/mol. The van der Waals surface area contributed by atoms with Crippen LogP contribution in [0.5, 0.6) is 0 Å².